The summed E-state index contributed by atoms with van der Waals surface area (Å²) in [5, 5.41) is 11.9. The maximum absolute atomic E-state index is 9.00. The molecule has 0 saturated heterocycles. The van der Waals surface area contributed by atoms with Crippen LogP contribution in [0.3, 0.4) is 0 Å². The summed E-state index contributed by atoms with van der Waals surface area (Å²) in [6, 6.07) is -0.205. The van der Waals surface area contributed by atoms with Crippen molar-refractivity contribution in [3.8, 4) is 5.75 Å². The van der Waals surface area contributed by atoms with E-state index in [0.29, 0.717) is 18.3 Å². The lowest BCUT2D eigenvalue weighted by Gasteiger charge is -2.14. The quantitative estimate of drug-likeness (QED) is 0.687. The minimum atomic E-state index is -0.205. The van der Waals surface area contributed by atoms with Crippen LogP contribution in [0, 0.1) is 0 Å². The first-order chi connectivity index (χ1) is 7.30. The smallest absolute Gasteiger partial charge is 0.223 e. The van der Waals surface area contributed by atoms with E-state index >= 15 is 0 Å². The Hall–Kier alpha value is -1.40. The molecular formula is C9H15N3O3. The summed E-state index contributed by atoms with van der Waals surface area (Å²) in [5.74, 6) is 1.03. The van der Waals surface area contributed by atoms with Gasteiger partial charge in [-0.25, -0.2) is 9.97 Å². The van der Waals surface area contributed by atoms with E-state index in [2.05, 4.69) is 15.3 Å². The minimum absolute atomic E-state index is 0.0385. The van der Waals surface area contributed by atoms with Crippen molar-refractivity contribution >= 4 is 5.95 Å². The van der Waals surface area contributed by atoms with Gasteiger partial charge < -0.3 is 19.9 Å². The van der Waals surface area contributed by atoms with Gasteiger partial charge in [0.1, 0.15) is 0 Å². The van der Waals surface area contributed by atoms with Crippen molar-refractivity contribution in [3.63, 3.8) is 0 Å². The molecule has 6 nitrogen and oxygen atoms in total. The fraction of sp³-hybridized carbons (Fsp3) is 0.556. The number of anilines is 1. The van der Waals surface area contributed by atoms with Crippen LogP contribution in [0.25, 0.3) is 0 Å². The lowest BCUT2D eigenvalue weighted by molar-refractivity contribution is 0.153. The molecule has 0 aliphatic rings. The Bertz CT molecular complexity index is 278. The van der Waals surface area contributed by atoms with Crippen LogP contribution in [0.2, 0.25) is 0 Å². The third-order valence-corrected chi connectivity index (χ3v) is 1.79. The summed E-state index contributed by atoms with van der Waals surface area (Å²) in [6.07, 6.45) is 3.10. The molecule has 0 saturated carbocycles. The molecule has 1 heterocycles. The Balaban J connectivity index is 2.55. The lowest BCUT2D eigenvalue weighted by Crippen LogP contribution is -2.29. The first kappa shape index (κ1) is 11.7. The monoisotopic (exact) mass is 213 g/mol. The highest BCUT2D eigenvalue weighted by atomic mass is 16.5. The highest BCUT2D eigenvalue weighted by Gasteiger charge is 2.07. The number of hydrogen-bond donors (Lipinski definition) is 2. The van der Waals surface area contributed by atoms with Crippen LogP contribution in [0.1, 0.15) is 0 Å². The van der Waals surface area contributed by atoms with Crippen LogP contribution in [-0.2, 0) is 4.74 Å². The van der Waals surface area contributed by atoms with Gasteiger partial charge in [0.25, 0.3) is 0 Å². The van der Waals surface area contributed by atoms with Crippen LogP contribution < -0.4 is 10.1 Å². The molecule has 0 radical (unpaired) electrons. The molecular weight excluding hydrogens is 198 g/mol. The van der Waals surface area contributed by atoms with Crippen molar-refractivity contribution in [3.05, 3.63) is 12.4 Å². The summed E-state index contributed by atoms with van der Waals surface area (Å²) in [4.78, 5) is 8.01. The van der Waals surface area contributed by atoms with E-state index in [0.717, 1.165) is 0 Å². The van der Waals surface area contributed by atoms with Gasteiger partial charge in [0, 0.05) is 7.11 Å². The Labute approximate surface area is 88.3 Å². The second kappa shape index (κ2) is 6.15. The van der Waals surface area contributed by atoms with E-state index in [-0.39, 0.29) is 12.6 Å². The summed E-state index contributed by atoms with van der Waals surface area (Å²) >= 11 is 0. The summed E-state index contributed by atoms with van der Waals surface area (Å²) in [6.45, 7) is 0.356. The van der Waals surface area contributed by atoms with Gasteiger partial charge in [0.05, 0.1) is 38.8 Å². The fourth-order valence-electron chi connectivity index (χ4n) is 1.02. The molecule has 1 aromatic heterocycles. The number of ether oxygens (including phenoxy) is 2. The van der Waals surface area contributed by atoms with Crippen molar-refractivity contribution in [1.29, 1.82) is 0 Å². The first-order valence-electron chi connectivity index (χ1n) is 4.52. The molecule has 2 N–H and O–H groups in total. The molecule has 1 rings (SSSR count). The zero-order valence-electron chi connectivity index (χ0n) is 8.80. The molecule has 0 bridgehead atoms. The molecule has 1 unspecified atom stereocenters. The van der Waals surface area contributed by atoms with Gasteiger partial charge in [0.2, 0.25) is 5.95 Å². The molecule has 0 spiro atoms. The molecule has 6 heteroatoms. The van der Waals surface area contributed by atoms with Crippen molar-refractivity contribution < 1.29 is 14.6 Å². The predicted octanol–water partition coefficient (Wildman–Crippen LogP) is -0.0956. The molecule has 0 aliphatic heterocycles. The average Bonchev–Trinajstić information content (AvgIpc) is 2.29. The van der Waals surface area contributed by atoms with Gasteiger partial charge in [-0.1, -0.05) is 0 Å². The second-order valence-corrected chi connectivity index (χ2v) is 2.93. The average molecular weight is 213 g/mol. The van der Waals surface area contributed by atoms with Gasteiger partial charge in [-0.05, 0) is 0 Å². The fourth-order valence-corrected chi connectivity index (χ4v) is 1.02. The van der Waals surface area contributed by atoms with Crippen LogP contribution in [0.15, 0.2) is 12.4 Å². The minimum Gasteiger partial charge on any atom is -0.494 e. The lowest BCUT2D eigenvalue weighted by atomic mass is 10.3. The summed E-state index contributed by atoms with van der Waals surface area (Å²) in [5.41, 5.74) is 0. The Morgan fingerprint density at radius 3 is 2.53 bits per heavy atom. The molecule has 15 heavy (non-hydrogen) atoms. The van der Waals surface area contributed by atoms with Gasteiger partial charge >= 0.3 is 0 Å². The highest BCUT2D eigenvalue weighted by molar-refractivity contribution is 5.28. The summed E-state index contributed by atoms with van der Waals surface area (Å²) in [7, 11) is 3.12. The summed E-state index contributed by atoms with van der Waals surface area (Å²) < 4.78 is 9.83. The van der Waals surface area contributed by atoms with Crippen LogP contribution in [-0.4, -0.2) is 48.5 Å². The van der Waals surface area contributed by atoms with Crippen LogP contribution in [0.5, 0.6) is 5.75 Å². The van der Waals surface area contributed by atoms with E-state index in [4.69, 9.17) is 14.6 Å². The van der Waals surface area contributed by atoms with Gasteiger partial charge in [-0.15, -0.1) is 0 Å². The molecule has 0 amide bonds. The van der Waals surface area contributed by atoms with E-state index in [1.54, 1.807) is 26.6 Å². The van der Waals surface area contributed by atoms with Crippen molar-refractivity contribution in [2.24, 2.45) is 0 Å². The van der Waals surface area contributed by atoms with Crippen LogP contribution in [0.4, 0.5) is 5.95 Å². The maximum atomic E-state index is 9.00. The van der Waals surface area contributed by atoms with Crippen LogP contribution >= 0.6 is 0 Å². The van der Waals surface area contributed by atoms with Gasteiger partial charge in [-0.3, -0.25) is 0 Å². The number of nitrogens with zero attached hydrogens (tertiary/aromatic N) is 2. The Morgan fingerprint density at radius 1 is 1.40 bits per heavy atom. The molecule has 1 aromatic rings. The van der Waals surface area contributed by atoms with E-state index < -0.39 is 0 Å². The zero-order chi connectivity index (χ0) is 11.1. The number of methoxy groups -OCH3 is 2. The maximum Gasteiger partial charge on any atom is 0.223 e. The normalized spacial score (nSPS) is 12.2. The Morgan fingerprint density at radius 2 is 2.07 bits per heavy atom. The molecule has 1 atom stereocenters. The van der Waals surface area contributed by atoms with E-state index in [1.807, 2.05) is 0 Å². The Kier molecular flexibility index (Phi) is 4.79. The number of aliphatic hydroxyl groups excluding tert-OH is 1. The van der Waals surface area contributed by atoms with Gasteiger partial charge in [0.15, 0.2) is 5.75 Å². The van der Waals surface area contributed by atoms with E-state index in [1.165, 1.54) is 0 Å². The molecule has 84 valence electrons. The third-order valence-electron chi connectivity index (χ3n) is 1.79. The number of nitrogens with one attached hydrogen (secondary N) is 1. The van der Waals surface area contributed by atoms with Gasteiger partial charge in [-0.2, -0.15) is 0 Å². The third kappa shape index (κ3) is 3.69. The number of aromatic nitrogens is 2. The SMILES string of the molecule is COCC(CO)Nc1ncc(OC)cn1. The van der Waals surface area contributed by atoms with Crippen molar-refractivity contribution in [2.45, 2.75) is 6.04 Å². The zero-order valence-corrected chi connectivity index (χ0v) is 8.80. The number of rotatable bonds is 6. The molecule has 0 aromatic carbocycles. The standard InChI is InChI=1S/C9H15N3O3/c1-14-6-7(5-13)12-9-10-3-8(15-2)4-11-9/h3-4,7,13H,5-6H2,1-2H3,(H,10,11,12). The largest absolute Gasteiger partial charge is 0.494 e. The second-order valence-electron chi connectivity index (χ2n) is 2.93. The first-order valence-corrected chi connectivity index (χ1v) is 4.52. The van der Waals surface area contributed by atoms with Crippen molar-refractivity contribution in [1.82, 2.24) is 9.97 Å². The molecule has 0 fully saturated rings. The number of aliphatic hydroxyl groups is 1. The topological polar surface area (TPSA) is 76.5 Å². The van der Waals surface area contributed by atoms with Crippen molar-refractivity contribution in [2.75, 3.05) is 32.8 Å². The molecule has 0 aliphatic carbocycles. The number of hydrogen-bond acceptors (Lipinski definition) is 6. The van der Waals surface area contributed by atoms with E-state index in [9.17, 15) is 0 Å². The predicted molar refractivity (Wildman–Crippen MR) is 55.0 cm³/mol. The highest BCUT2D eigenvalue weighted by Crippen LogP contribution is 2.07.